The molecule has 0 aliphatic heterocycles. The summed E-state index contributed by atoms with van der Waals surface area (Å²) in [5.41, 5.74) is 4.61. The number of furan rings is 1. The predicted molar refractivity (Wildman–Crippen MR) is 113 cm³/mol. The highest BCUT2D eigenvalue weighted by Gasteiger charge is 2.20. The first kappa shape index (κ1) is 17.1. The number of H-pyrrole nitrogens is 2. The van der Waals surface area contributed by atoms with Crippen molar-refractivity contribution in [2.24, 2.45) is 4.99 Å². The number of rotatable bonds is 5. The van der Waals surface area contributed by atoms with Crippen molar-refractivity contribution in [2.45, 2.75) is 6.54 Å². The van der Waals surface area contributed by atoms with Crippen molar-refractivity contribution in [1.29, 1.82) is 0 Å². The van der Waals surface area contributed by atoms with Crippen molar-refractivity contribution in [3.63, 3.8) is 0 Å². The number of hydrogen-bond acceptors (Lipinski definition) is 4. The molecule has 29 heavy (non-hydrogen) atoms. The topological polar surface area (TPSA) is 90.2 Å². The van der Waals surface area contributed by atoms with Crippen LogP contribution in [0.3, 0.4) is 0 Å². The van der Waals surface area contributed by atoms with Crippen molar-refractivity contribution in [3.05, 3.63) is 84.3 Å². The van der Waals surface area contributed by atoms with E-state index in [0.29, 0.717) is 23.6 Å². The molecule has 5 aromatic rings. The van der Waals surface area contributed by atoms with Crippen LogP contribution in [-0.2, 0) is 6.54 Å². The molecule has 0 atom stereocenters. The second-order valence-electron chi connectivity index (χ2n) is 6.66. The highest BCUT2D eigenvalue weighted by atomic mass is 16.3. The van der Waals surface area contributed by atoms with Gasteiger partial charge in [0, 0.05) is 6.21 Å². The monoisotopic (exact) mass is 382 g/mol. The molecule has 6 nitrogen and oxygen atoms in total. The van der Waals surface area contributed by atoms with Crippen LogP contribution < -0.4 is 0 Å². The molecule has 6 heteroatoms. The zero-order valence-corrected chi connectivity index (χ0v) is 15.5. The summed E-state index contributed by atoms with van der Waals surface area (Å²) >= 11 is 0. The fraction of sp³-hybridized carbons (Fsp3) is 0.0435. The third kappa shape index (κ3) is 3.21. The number of nitrogens with zero attached hydrogens (tertiary/aromatic N) is 2. The summed E-state index contributed by atoms with van der Waals surface area (Å²) in [6.45, 7) is 0.395. The Morgan fingerprint density at radius 3 is 2.55 bits per heavy atom. The Morgan fingerprint density at radius 1 is 0.931 bits per heavy atom. The van der Waals surface area contributed by atoms with Gasteiger partial charge in [0.05, 0.1) is 35.1 Å². The normalized spacial score (nSPS) is 11.6. The number of aromatic hydroxyl groups is 1. The van der Waals surface area contributed by atoms with Gasteiger partial charge in [-0.3, -0.25) is 4.99 Å². The van der Waals surface area contributed by atoms with Crippen molar-refractivity contribution >= 4 is 17.2 Å². The zero-order valence-electron chi connectivity index (χ0n) is 15.5. The van der Waals surface area contributed by atoms with E-state index in [0.717, 1.165) is 28.1 Å². The summed E-state index contributed by atoms with van der Waals surface area (Å²) in [5.74, 6) is 1.44. The highest BCUT2D eigenvalue weighted by Crippen LogP contribution is 2.37. The van der Waals surface area contributed by atoms with E-state index < -0.39 is 0 Å². The molecule has 3 heterocycles. The van der Waals surface area contributed by atoms with Gasteiger partial charge in [0.2, 0.25) is 0 Å². The van der Waals surface area contributed by atoms with Crippen LogP contribution in [0.5, 0.6) is 5.75 Å². The van der Waals surface area contributed by atoms with Crippen molar-refractivity contribution in [1.82, 2.24) is 15.0 Å². The van der Waals surface area contributed by atoms with E-state index in [1.54, 1.807) is 12.5 Å². The van der Waals surface area contributed by atoms with Gasteiger partial charge in [-0.15, -0.1) is 0 Å². The lowest BCUT2D eigenvalue weighted by atomic mass is 10.1. The Labute approximate surface area is 166 Å². The van der Waals surface area contributed by atoms with Crippen LogP contribution in [0.2, 0.25) is 0 Å². The molecule has 2 aromatic carbocycles. The second-order valence-corrected chi connectivity index (χ2v) is 6.66. The lowest BCUT2D eigenvalue weighted by Gasteiger charge is -2.00. The van der Waals surface area contributed by atoms with E-state index in [4.69, 9.17) is 4.42 Å². The van der Waals surface area contributed by atoms with Crippen LogP contribution in [0.25, 0.3) is 33.8 Å². The van der Waals surface area contributed by atoms with Crippen LogP contribution in [0, 0.1) is 0 Å². The third-order valence-electron chi connectivity index (χ3n) is 4.75. The Balaban J connectivity index is 1.61. The molecule has 3 N–H and O–H groups in total. The maximum Gasteiger partial charge on any atom is 0.158 e. The first-order chi connectivity index (χ1) is 14.3. The van der Waals surface area contributed by atoms with Crippen LogP contribution in [0.1, 0.15) is 11.3 Å². The van der Waals surface area contributed by atoms with Crippen molar-refractivity contribution in [3.8, 4) is 28.5 Å². The van der Waals surface area contributed by atoms with Gasteiger partial charge in [0.15, 0.2) is 11.6 Å². The molecule has 0 unspecified atom stereocenters. The van der Waals surface area contributed by atoms with Crippen LogP contribution in [0.4, 0.5) is 0 Å². The van der Waals surface area contributed by atoms with Gasteiger partial charge in [-0.1, -0.05) is 42.5 Å². The largest absolute Gasteiger partial charge is 0.505 e. The number of imidazole rings is 1. The predicted octanol–water partition coefficient (Wildman–Crippen LogP) is 5.14. The van der Waals surface area contributed by atoms with Gasteiger partial charge in [0.25, 0.3) is 0 Å². The quantitative estimate of drug-likeness (QED) is 0.368. The molecular weight excluding hydrogens is 364 g/mol. The highest BCUT2D eigenvalue weighted by molar-refractivity contribution is 5.96. The molecule has 0 amide bonds. The van der Waals surface area contributed by atoms with Crippen molar-refractivity contribution in [2.75, 3.05) is 0 Å². The van der Waals surface area contributed by atoms with E-state index in [-0.39, 0.29) is 5.75 Å². The van der Waals surface area contributed by atoms with E-state index >= 15 is 0 Å². The first-order valence-electron chi connectivity index (χ1n) is 9.27. The minimum Gasteiger partial charge on any atom is -0.505 e. The van der Waals surface area contributed by atoms with Crippen LogP contribution >= 0.6 is 0 Å². The van der Waals surface area contributed by atoms with E-state index in [1.165, 1.54) is 0 Å². The van der Waals surface area contributed by atoms with E-state index in [1.807, 2.05) is 66.7 Å². The second kappa shape index (κ2) is 7.16. The van der Waals surface area contributed by atoms with E-state index in [9.17, 15) is 5.11 Å². The van der Waals surface area contributed by atoms with Crippen LogP contribution in [0.15, 0.2) is 82.4 Å². The Hall–Kier alpha value is -4.06. The standard InChI is InChI=1S/C23H18N4O2/c28-22-17(14-24-13-16-9-6-12-29-16)20(15-7-2-1-3-8-15)27-21(22)23-25-18-10-4-5-11-19(18)26-23/h1-12,14,27-28H,13H2,(H,25,26). The number of fused-ring (bicyclic) bond motifs is 1. The number of nitrogens with one attached hydrogen (secondary N) is 2. The summed E-state index contributed by atoms with van der Waals surface area (Å²) in [7, 11) is 0. The average Bonchev–Trinajstić information content (AvgIpc) is 3.48. The molecule has 3 aromatic heterocycles. The molecule has 0 saturated carbocycles. The first-order valence-corrected chi connectivity index (χ1v) is 9.27. The molecule has 0 aliphatic rings. The lowest BCUT2D eigenvalue weighted by molar-refractivity contribution is 0.477. The SMILES string of the molecule is Oc1c(-c2nc3ccccc3[nH]2)[nH]c(-c2ccccc2)c1C=NCc1ccco1. The van der Waals surface area contributed by atoms with Gasteiger partial charge in [-0.2, -0.15) is 0 Å². The van der Waals surface area contributed by atoms with Crippen LogP contribution in [-0.4, -0.2) is 26.3 Å². The average molecular weight is 382 g/mol. The minimum atomic E-state index is 0.103. The molecular formula is C23H18N4O2. The molecule has 5 rings (SSSR count). The Kier molecular flexibility index (Phi) is 4.22. The summed E-state index contributed by atoms with van der Waals surface area (Å²) in [4.78, 5) is 15.6. The van der Waals surface area contributed by atoms with Gasteiger partial charge >= 0.3 is 0 Å². The maximum absolute atomic E-state index is 11.0. The molecule has 0 radical (unpaired) electrons. The van der Waals surface area contributed by atoms with Gasteiger partial charge < -0.3 is 19.5 Å². The number of para-hydroxylation sites is 2. The summed E-state index contributed by atoms with van der Waals surface area (Å²) in [5, 5.41) is 11.0. The number of aliphatic imine (C=N–C) groups is 1. The molecule has 142 valence electrons. The molecule has 0 saturated heterocycles. The lowest BCUT2D eigenvalue weighted by Crippen LogP contribution is -1.86. The van der Waals surface area contributed by atoms with E-state index in [2.05, 4.69) is 19.9 Å². The van der Waals surface area contributed by atoms with Gasteiger partial charge in [-0.05, 0) is 29.8 Å². The number of aromatic nitrogens is 3. The maximum atomic E-state index is 11.0. The minimum absolute atomic E-state index is 0.103. The molecule has 0 spiro atoms. The Bertz CT molecular complexity index is 1250. The fourth-order valence-corrected chi connectivity index (χ4v) is 3.33. The number of hydrogen-bond donors (Lipinski definition) is 3. The molecule has 0 aliphatic carbocycles. The molecule has 0 bridgehead atoms. The summed E-state index contributed by atoms with van der Waals surface area (Å²) < 4.78 is 5.33. The van der Waals surface area contributed by atoms with Crippen molar-refractivity contribution < 1.29 is 9.52 Å². The number of benzene rings is 2. The molecule has 0 fully saturated rings. The summed E-state index contributed by atoms with van der Waals surface area (Å²) in [6, 6.07) is 21.3. The zero-order chi connectivity index (χ0) is 19.6. The number of aromatic amines is 2. The fourth-order valence-electron chi connectivity index (χ4n) is 3.33. The van der Waals surface area contributed by atoms with Gasteiger partial charge in [-0.25, -0.2) is 4.98 Å². The smallest absolute Gasteiger partial charge is 0.158 e. The Morgan fingerprint density at radius 2 is 1.76 bits per heavy atom. The van der Waals surface area contributed by atoms with Gasteiger partial charge in [0.1, 0.15) is 11.5 Å². The summed E-state index contributed by atoms with van der Waals surface area (Å²) in [6.07, 6.45) is 3.29. The third-order valence-corrected chi connectivity index (χ3v) is 4.75.